The molecule has 0 bridgehead atoms. The van der Waals surface area contributed by atoms with Gasteiger partial charge in [-0.05, 0) is 42.2 Å². The van der Waals surface area contributed by atoms with Crippen molar-refractivity contribution in [1.29, 1.82) is 0 Å². The monoisotopic (exact) mass is 327 g/mol. The van der Waals surface area contributed by atoms with Gasteiger partial charge in [-0.2, -0.15) is 0 Å². The van der Waals surface area contributed by atoms with Crippen molar-refractivity contribution < 1.29 is 9.47 Å². The maximum atomic E-state index is 5.93. The lowest BCUT2D eigenvalue weighted by atomic mass is 10.0. The van der Waals surface area contributed by atoms with Gasteiger partial charge in [0.05, 0.1) is 14.2 Å². The molecular weight excluding hydrogens is 302 g/mol. The zero-order valence-corrected chi connectivity index (χ0v) is 14.5. The Labute approximate surface area is 143 Å². The number of hydrogen-bond acceptors (Lipinski definition) is 3. The molecule has 2 rings (SSSR count). The van der Waals surface area contributed by atoms with Crippen LogP contribution >= 0.6 is 0 Å². The van der Waals surface area contributed by atoms with Crippen LogP contribution in [0.15, 0.2) is 53.5 Å². The van der Waals surface area contributed by atoms with E-state index in [1.54, 1.807) is 14.2 Å². The molecule has 5 heteroatoms. The molecular formula is C19H25N3O2. The van der Waals surface area contributed by atoms with Gasteiger partial charge in [0.25, 0.3) is 0 Å². The van der Waals surface area contributed by atoms with Gasteiger partial charge in [-0.25, -0.2) is 0 Å². The van der Waals surface area contributed by atoms with E-state index in [2.05, 4.69) is 17.2 Å². The highest BCUT2D eigenvalue weighted by Gasteiger charge is 2.08. The zero-order valence-electron chi connectivity index (χ0n) is 14.5. The SMILES string of the molecule is COc1ccc(CC(C)CN=C(N)Nc2ccccc2)cc1OC. The quantitative estimate of drug-likeness (QED) is 0.605. The number of nitrogens with zero attached hydrogens (tertiary/aromatic N) is 1. The summed E-state index contributed by atoms with van der Waals surface area (Å²) in [7, 11) is 3.28. The number of nitrogens with one attached hydrogen (secondary N) is 1. The summed E-state index contributed by atoms with van der Waals surface area (Å²) in [5.74, 6) is 2.28. The summed E-state index contributed by atoms with van der Waals surface area (Å²) in [5.41, 5.74) is 8.05. The summed E-state index contributed by atoms with van der Waals surface area (Å²) in [6.07, 6.45) is 0.891. The maximum absolute atomic E-state index is 5.93. The van der Waals surface area contributed by atoms with Crippen LogP contribution in [0.3, 0.4) is 0 Å². The molecule has 0 aliphatic rings. The molecule has 128 valence electrons. The van der Waals surface area contributed by atoms with Gasteiger partial charge in [-0.1, -0.05) is 31.2 Å². The minimum Gasteiger partial charge on any atom is -0.493 e. The van der Waals surface area contributed by atoms with Crippen LogP contribution in [0.25, 0.3) is 0 Å². The lowest BCUT2D eigenvalue weighted by Crippen LogP contribution is -2.23. The molecule has 0 aliphatic heterocycles. The Balaban J connectivity index is 1.90. The highest BCUT2D eigenvalue weighted by molar-refractivity contribution is 5.92. The molecule has 0 aromatic heterocycles. The minimum atomic E-state index is 0.360. The molecule has 0 aliphatic carbocycles. The summed E-state index contributed by atoms with van der Waals surface area (Å²) in [6.45, 7) is 2.80. The number of aliphatic imine (C=N–C) groups is 1. The molecule has 0 radical (unpaired) electrons. The lowest BCUT2D eigenvalue weighted by Gasteiger charge is -2.13. The summed E-state index contributed by atoms with van der Waals surface area (Å²) < 4.78 is 10.6. The lowest BCUT2D eigenvalue weighted by molar-refractivity contribution is 0.354. The van der Waals surface area contributed by atoms with E-state index in [0.717, 1.165) is 23.6 Å². The summed E-state index contributed by atoms with van der Waals surface area (Å²) in [5, 5.41) is 3.09. The van der Waals surface area contributed by atoms with Gasteiger partial charge in [-0.3, -0.25) is 4.99 Å². The average molecular weight is 327 g/mol. The Morgan fingerprint density at radius 1 is 1.08 bits per heavy atom. The first kappa shape index (κ1) is 17.7. The number of nitrogens with two attached hydrogens (primary N) is 1. The van der Waals surface area contributed by atoms with Crippen molar-refractivity contribution in [1.82, 2.24) is 0 Å². The molecule has 24 heavy (non-hydrogen) atoms. The molecule has 2 aromatic rings. The maximum Gasteiger partial charge on any atom is 0.193 e. The van der Waals surface area contributed by atoms with Crippen molar-refractivity contribution >= 4 is 11.6 Å². The molecule has 0 amide bonds. The molecule has 1 unspecified atom stereocenters. The van der Waals surface area contributed by atoms with Gasteiger partial charge < -0.3 is 20.5 Å². The number of rotatable bonds is 7. The van der Waals surface area contributed by atoms with Crippen molar-refractivity contribution in [3.05, 3.63) is 54.1 Å². The van der Waals surface area contributed by atoms with Gasteiger partial charge in [0.2, 0.25) is 0 Å². The number of para-hydroxylation sites is 1. The highest BCUT2D eigenvalue weighted by Crippen LogP contribution is 2.28. The second-order valence-corrected chi connectivity index (χ2v) is 5.72. The number of anilines is 1. The molecule has 0 saturated heterocycles. The Hall–Kier alpha value is -2.69. The molecule has 5 nitrogen and oxygen atoms in total. The van der Waals surface area contributed by atoms with E-state index >= 15 is 0 Å². The second kappa shape index (κ2) is 8.82. The Bertz CT molecular complexity index is 672. The van der Waals surface area contributed by atoms with Crippen LogP contribution in [0.5, 0.6) is 11.5 Å². The molecule has 3 N–H and O–H groups in total. The summed E-state index contributed by atoms with van der Waals surface area (Å²) in [4.78, 5) is 4.42. The fourth-order valence-corrected chi connectivity index (χ4v) is 2.44. The van der Waals surface area contributed by atoms with Crippen LogP contribution in [0.1, 0.15) is 12.5 Å². The van der Waals surface area contributed by atoms with Gasteiger partial charge in [0.1, 0.15) is 0 Å². The second-order valence-electron chi connectivity index (χ2n) is 5.72. The number of methoxy groups -OCH3 is 2. The van der Waals surface area contributed by atoms with Gasteiger partial charge in [0.15, 0.2) is 17.5 Å². The minimum absolute atomic E-state index is 0.360. The van der Waals surface area contributed by atoms with E-state index in [1.807, 2.05) is 48.5 Å². The van der Waals surface area contributed by atoms with Crippen molar-refractivity contribution in [2.75, 3.05) is 26.1 Å². The first-order chi connectivity index (χ1) is 11.6. The topological polar surface area (TPSA) is 68.9 Å². The smallest absolute Gasteiger partial charge is 0.193 e. The first-order valence-electron chi connectivity index (χ1n) is 7.95. The largest absolute Gasteiger partial charge is 0.493 e. The van der Waals surface area contributed by atoms with Crippen LogP contribution in [-0.4, -0.2) is 26.7 Å². The van der Waals surface area contributed by atoms with E-state index in [-0.39, 0.29) is 0 Å². The summed E-state index contributed by atoms with van der Waals surface area (Å²) in [6, 6.07) is 15.8. The molecule has 0 fully saturated rings. The van der Waals surface area contributed by atoms with Gasteiger partial charge in [-0.15, -0.1) is 0 Å². The van der Waals surface area contributed by atoms with Crippen LogP contribution in [0, 0.1) is 5.92 Å². The Kier molecular flexibility index (Phi) is 6.49. The molecule has 0 saturated carbocycles. The van der Waals surface area contributed by atoms with E-state index < -0.39 is 0 Å². The van der Waals surface area contributed by atoms with Crippen LogP contribution in [0.2, 0.25) is 0 Å². The average Bonchev–Trinajstić information content (AvgIpc) is 2.60. The standard InChI is InChI=1S/C19H25N3O2/c1-14(11-15-9-10-17(23-2)18(12-15)24-3)13-21-19(20)22-16-7-5-4-6-8-16/h4-10,12,14H,11,13H2,1-3H3,(H3,20,21,22). The van der Waals surface area contributed by atoms with E-state index in [9.17, 15) is 0 Å². The third-order valence-corrected chi connectivity index (χ3v) is 3.65. The fraction of sp³-hybridized carbons (Fsp3) is 0.316. The number of hydrogen-bond donors (Lipinski definition) is 2. The first-order valence-corrected chi connectivity index (χ1v) is 7.95. The van der Waals surface area contributed by atoms with Crippen molar-refractivity contribution in [3.63, 3.8) is 0 Å². The number of ether oxygens (including phenoxy) is 2. The van der Waals surface area contributed by atoms with Crippen LogP contribution in [0.4, 0.5) is 5.69 Å². The molecule has 2 aromatic carbocycles. The van der Waals surface area contributed by atoms with Crippen LogP contribution < -0.4 is 20.5 Å². The van der Waals surface area contributed by atoms with E-state index in [1.165, 1.54) is 5.56 Å². The van der Waals surface area contributed by atoms with Crippen LogP contribution in [-0.2, 0) is 6.42 Å². The Morgan fingerprint density at radius 3 is 2.46 bits per heavy atom. The van der Waals surface area contributed by atoms with E-state index in [0.29, 0.717) is 18.4 Å². The Morgan fingerprint density at radius 2 is 1.79 bits per heavy atom. The third kappa shape index (κ3) is 5.19. The van der Waals surface area contributed by atoms with Crippen molar-refractivity contribution in [3.8, 4) is 11.5 Å². The molecule has 0 spiro atoms. The van der Waals surface area contributed by atoms with Gasteiger partial charge in [0, 0.05) is 12.2 Å². The van der Waals surface area contributed by atoms with Crippen molar-refractivity contribution in [2.45, 2.75) is 13.3 Å². The van der Waals surface area contributed by atoms with Gasteiger partial charge >= 0.3 is 0 Å². The normalized spacial score (nSPS) is 12.5. The fourth-order valence-electron chi connectivity index (χ4n) is 2.44. The number of benzene rings is 2. The predicted octanol–water partition coefficient (Wildman–Crippen LogP) is 3.31. The number of guanidine groups is 1. The predicted molar refractivity (Wildman–Crippen MR) is 99.0 cm³/mol. The third-order valence-electron chi connectivity index (χ3n) is 3.65. The zero-order chi connectivity index (χ0) is 17.4. The van der Waals surface area contributed by atoms with E-state index in [4.69, 9.17) is 15.2 Å². The molecule has 0 heterocycles. The van der Waals surface area contributed by atoms with Crippen molar-refractivity contribution in [2.24, 2.45) is 16.6 Å². The summed E-state index contributed by atoms with van der Waals surface area (Å²) >= 11 is 0. The highest BCUT2D eigenvalue weighted by atomic mass is 16.5. The molecule has 1 atom stereocenters.